The zero-order chi connectivity index (χ0) is 14.7. The highest BCUT2D eigenvalue weighted by Crippen LogP contribution is 2.30. The summed E-state index contributed by atoms with van der Waals surface area (Å²) >= 11 is 0. The van der Waals surface area contributed by atoms with E-state index < -0.39 is 0 Å². The summed E-state index contributed by atoms with van der Waals surface area (Å²) in [5.41, 5.74) is 0.605. The second-order valence-corrected chi connectivity index (χ2v) is 5.41. The van der Waals surface area contributed by atoms with E-state index in [0.717, 1.165) is 12.8 Å². The third-order valence-electron chi connectivity index (χ3n) is 4.07. The highest BCUT2D eigenvalue weighted by atomic mass is 16.5. The number of rotatable bonds is 3. The average Bonchev–Trinajstić information content (AvgIpc) is 2.46. The number of amides is 1. The number of hydrogen-bond acceptors (Lipinski definition) is 3. The highest BCUT2D eigenvalue weighted by Gasteiger charge is 2.31. The van der Waals surface area contributed by atoms with E-state index in [9.17, 15) is 4.79 Å². The topological polar surface area (TPSA) is 38.8 Å². The molecule has 4 nitrogen and oxygen atoms in total. The van der Waals surface area contributed by atoms with Crippen molar-refractivity contribution in [2.45, 2.75) is 45.2 Å². The number of nitrogens with zero attached hydrogens (tertiary/aromatic N) is 1. The predicted octanol–water partition coefficient (Wildman–Crippen LogP) is 3.11. The van der Waals surface area contributed by atoms with Crippen molar-refractivity contribution in [3.8, 4) is 11.5 Å². The Morgan fingerprint density at radius 2 is 1.80 bits per heavy atom. The fraction of sp³-hybridized carbons (Fsp3) is 0.562. The van der Waals surface area contributed by atoms with E-state index in [1.165, 1.54) is 6.42 Å². The van der Waals surface area contributed by atoms with Crippen molar-refractivity contribution in [2.75, 3.05) is 14.2 Å². The molecule has 1 aromatic rings. The number of hydrogen-bond donors (Lipinski definition) is 0. The summed E-state index contributed by atoms with van der Waals surface area (Å²) in [6.07, 6.45) is 3.31. The summed E-state index contributed by atoms with van der Waals surface area (Å²) in [5.74, 6) is 1.31. The van der Waals surface area contributed by atoms with Crippen LogP contribution in [0, 0.1) is 0 Å². The molecule has 0 aromatic heterocycles. The largest absolute Gasteiger partial charge is 0.497 e. The first-order valence-corrected chi connectivity index (χ1v) is 7.13. The van der Waals surface area contributed by atoms with Crippen molar-refractivity contribution >= 4 is 5.91 Å². The second-order valence-electron chi connectivity index (χ2n) is 5.41. The van der Waals surface area contributed by atoms with Gasteiger partial charge in [0.15, 0.2) is 0 Å². The van der Waals surface area contributed by atoms with Crippen LogP contribution in [0.4, 0.5) is 0 Å². The zero-order valence-corrected chi connectivity index (χ0v) is 12.7. The van der Waals surface area contributed by atoms with Crippen LogP contribution in [0.15, 0.2) is 18.2 Å². The van der Waals surface area contributed by atoms with Gasteiger partial charge in [0.2, 0.25) is 0 Å². The lowest BCUT2D eigenvalue weighted by atomic mass is 9.96. The van der Waals surface area contributed by atoms with Crippen LogP contribution >= 0.6 is 0 Å². The molecule has 110 valence electrons. The van der Waals surface area contributed by atoms with Crippen LogP contribution in [0.1, 0.15) is 43.5 Å². The van der Waals surface area contributed by atoms with Crippen LogP contribution < -0.4 is 9.47 Å². The molecule has 1 saturated heterocycles. The second kappa shape index (κ2) is 6.16. The van der Waals surface area contributed by atoms with Crippen molar-refractivity contribution in [3.63, 3.8) is 0 Å². The van der Waals surface area contributed by atoms with E-state index in [0.29, 0.717) is 17.1 Å². The van der Waals surface area contributed by atoms with Gasteiger partial charge in [-0.15, -0.1) is 0 Å². The Balaban J connectivity index is 2.32. The van der Waals surface area contributed by atoms with E-state index in [4.69, 9.17) is 9.47 Å². The molecule has 0 unspecified atom stereocenters. The Bertz CT molecular complexity index is 477. The summed E-state index contributed by atoms with van der Waals surface area (Å²) in [6.45, 7) is 4.23. The lowest BCUT2D eigenvalue weighted by Crippen LogP contribution is -2.47. The lowest BCUT2D eigenvalue weighted by Gasteiger charge is -2.39. The number of methoxy groups -OCH3 is 2. The fourth-order valence-electron chi connectivity index (χ4n) is 2.94. The molecular formula is C16H23NO3. The maximum atomic E-state index is 12.8. The summed E-state index contributed by atoms with van der Waals surface area (Å²) in [4.78, 5) is 14.8. The van der Waals surface area contributed by atoms with Gasteiger partial charge in [-0.3, -0.25) is 4.79 Å². The average molecular weight is 277 g/mol. The molecule has 2 atom stereocenters. The van der Waals surface area contributed by atoms with Gasteiger partial charge in [-0.2, -0.15) is 0 Å². The number of piperidine rings is 1. The highest BCUT2D eigenvalue weighted by molar-refractivity contribution is 5.97. The molecule has 1 aliphatic heterocycles. The van der Waals surface area contributed by atoms with Crippen molar-refractivity contribution < 1.29 is 14.3 Å². The molecule has 1 aliphatic rings. The van der Waals surface area contributed by atoms with Gasteiger partial charge in [0, 0.05) is 18.2 Å². The van der Waals surface area contributed by atoms with E-state index in [-0.39, 0.29) is 18.0 Å². The first kappa shape index (κ1) is 14.7. The van der Waals surface area contributed by atoms with Crippen LogP contribution in [0.25, 0.3) is 0 Å². The first-order valence-electron chi connectivity index (χ1n) is 7.13. The molecule has 1 fully saturated rings. The number of benzene rings is 1. The molecule has 20 heavy (non-hydrogen) atoms. The minimum absolute atomic E-state index is 0.0456. The minimum atomic E-state index is 0.0456. The summed E-state index contributed by atoms with van der Waals surface area (Å²) in [7, 11) is 3.18. The molecule has 1 heterocycles. The van der Waals surface area contributed by atoms with Crippen LogP contribution in [-0.2, 0) is 0 Å². The van der Waals surface area contributed by atoms with E-state index >= 15 is 0 Å². The van der Waals surface area contributed by atoms with E-state index in [1.807, 2.05) is 4.90 Å². The normalized spacial score (nSPS) is 22.5. The molecule has 1 amide bonds. The van der Waals surface area contributed by atoms with Crippen LogP contribution in [0.3, 0.4) is 0 Å². The Hall–Kier alpha value is -1.71. The van der Waals surface area contributed by atoms with E-state index in [2.05, 4.69) is 13.8 Å². The Labute approximate surface area is 120 Å². The van der Waals surface area contributed by atoms with Gasteiger partial charge in [0.05, 0.1) is 19.8 Å². The van der Waals surface area contributed by atoms with Gasteiger partial charge in [0.1, 0.15) is 11.5 Å². The molecule has 4 heteroatoms. The Morgan fingerprint density at radius 1 is 1.15 bits per heavy atom. The maximum Gasteiger partial charge on any atom is 0.258 e. The minimum Gasteiger partial charge on any atom is -0.497 e. The van der Waals surface area contributed by atoms with Gasteiger partial charge >= 0.3 is 0 Å². The summed E-state index contributed by atoms with van der Waals surface area (Å²) in [5, 5.41) is 0. The molecule has 0 N–H and O–H groups in total. The maximum absolute atomic E-state index is 12.8. The number of carbonyl (C=O) groups excluding carboxylic acids is 1. The molecule has 0 aliphatic carbocycles. The predicted molar refractivity (Wildman–Crippen MR) is 78.5 cm³/mol. The zero-order valence-electron chi connectivity index (χ0n) is 12.7. The quantitative estimate of drug-likeness (QED) is 0.852. The van der Waals surface area contributed by atoms with Crippen LogP contribution in [0.2, 0.25) is 0 Å². The monoisotopic (exact) mass is 277 g/mol. The third-order valence-corrected chi connectivity index (χ3v) is 4.07. The first-order chi connectivity index (χ1) is 9.58. The van der Waals surface area contributed by atoms with Crippen molar-refractivity contribution in [1.29, 1.82) is 0 Å². The fourth-order valence-corrected chi connectivity index (χ4v) is 2.94. The summed E-state index contributed by atoms with van der Waals surface area (Å²) in [6, 6.07) is 5.89. The molecular weight excluding hydrogens is 254 g/mol. The van der Waals surface area contributed by atoms with Crippen molar-refractivity contribution in [3.05, 3.63) is 23.8 Å². The molecule has 0 spiro atoms. The Morgan fingerprint density at radius 3 is 2.35 bits per heavy atom. The molecule has 0 saturated carbocycles. The Kier molecular flexibility index (Phi) is 4.53. The van der Waals surface area contributed by atoms with Gasteiger partial charge in [0.25, 0.3) is 5.91 Å². The molecule has 0 bridgehead atoms. The van der Waals surface area contributed by atoms with Gasteiger partial charge in [-0.25, -0.2) is 0 Å². The molecule has 2 rings (SSSR count). The third kappa shape index (κ3) is 2.74. The van der Waals surface area contributed by atoms with E-state index in [1.54, 1.807) is 32.4 Å². The number of ether oxygens (including phenoxy) is 2. The standard InChI is InChI=1S/C16H23NO3/c1-11-6-5-7-12(2)17(11)16(18)14-9-8-13(19-3)10-15(14)20-4/h8-12H,5-7H2,1-4H3/t11-,12-/m0/s1. The lowest BCUT2D eigenvalue weighted by molar-refractivity contribution is 0.0507. The molecule has 0 radical (unpaired) electrons. The number of likely N-dealkylation sites (tertiary alicyclic amines) is 1. The van der Waals surface area contributed by atoms with Crippen molar-refractivity contribution in [2.24, 2.45) is 0 Å². The van der Waals surface area contributed by atoms with Crippen LogP contribution in [-0.4, -0.2) is 37.1 Å². The van der Waals surface area contributed by atoms with Gasteiger partial charge < -0.3 is 14.4 Å². The smallest absolute Gasteiger partial charge is 0.258 e. The van der Waals surface area contributed by atoms with Gasteiger partial charge in [-0.05, 0) is 45.2 Å². The van der Waals surface area contributed by atoms with Crippen molar-refractivity contribution in [1.82, 2.24) is 4.90 Å². The SMILES string of the molecule is COc1ccc(C(=O)N2[C@@H](C)CCC[C@@H]2C)c(OC)c1. The number of carbonyl (C=O) groups is 1. The van der Waals surface area contributed by atoms with Crippen LogP contribution in [0.5, 0.6) is 11.5 Å². The van der Waals surface area contributed by atoms with Gasteiger partial charge in [-0.1, -0.05) is 0 Å². The summed E-state index contributed by atoms with van der Waals surface area (Å²) < 4.78 is 10.5. The molecule has 1 aromatic carbocycles.